The zero-order valence-electron chi connectivity index (χ0n) is 11.7. The molecule has 0 amide bonds. The lowest BCUT2D eigenvalue weighted by Gasteiger charge is -2.22. The highest BCUT2D eigenvalue weighted by atomic mass is 16.5. The number of rotatable bonds is 4. The van der Waals surface area contributed by atoms with E-state index >= 15 is 0 Å². The normalized spacial score (nSPS) is 10.3. The molecule has 0 fully saturated rings. The van der Waals surface area contributed by atoms with Gasteiger partial charge >= 0.3 is 0 Å². The molecule has 0 spiro atoms. The molecule has 2 N–H and O–H groups in total. The molecule has 2 aromatic rings. The van der Waals surface area contributed by atoms with Crippen LogP contribution in [0.4, 0.5) is 11.4 Å². The Morgan fingerprint density at radius 2 is 1.89 bits per heavy atom. The van der Waals surface area contributed by atoms with Gasteiger partial charge in [-0.25, -0.2) is 0 Å². The summed E-state index contributed by atoms with van der Waals surface area (Å²) in [4.78, 5) is 2.14. The van der Waals surface area contributed by atoms with E-state index in [1.807, 2.05) is 25.2 Å². The Bertz CT molecular complexity index is 566. The van der Waals surface area contributed by atoms with Crippen LogP contribution in [0.5, 0.6) is 5.75 Å². The topological polar surface area (TPSA) is 38.5 Å². The third-order valence-corrected chi connectivity index (χ3v) is 3.32. The zero-order chi connectivity index (χ0) is 13.8. The monoisotopic (exact) mass is 256 g/mol. The number of nitrogens with zero attached hydrogens (tertiary/aromatic N) is 1. The highest BCUT2D eigenvalue weighted by Crippen LogP contribution is 2.28. The number of nitrogens with two attached hydrogens (primary N) is 1. The SMILES string of the molecule is COc1ccc(N)c(N(C)Cc2ccccc2C)c1. The third kappa shape index (κ3) is 2.99. The molecule has 0 aliphatic heterocycles. The molecule has 2 rings (SSSR count). The summed E-state index contributed by atoms with van der Waals surface area (Å²) in [7, 11) is 3.70. The summed E-state index contributed by atoms with van der Waals surface area (Å²) in [5.74, 6) is 0.820. The summed E-state index contributed by atoms with van der Waals surface area (Å²) in [6.45, 7) is 2.95. The van der Waals surface area contributed by atoms with Crippen LogP contribution < -0.4 is 15.4 Å². The van der Waals surface area contributed by atoms with E-state index in [0.29, 0.717) is 0 Å². The average Bonchev–Trinajstić information content (AvgIpc) is 2.42. The van der Waals surface area contributed by atoms with E-state index in [1.165, 1.54) is 11.1 Å². The molecule has 3 heteroatoms. The molecule has 0 aliphatic carbocycles. The van der Waals surface area contributed by atoms with Gasteiger partial charge in [-0.1, -0.05) is 24.3 Å². The Balaban J connectivity index is 2.25. The molecular weight excluding hydrogens is 236 g/mol. The van der Waals surface area contributed by atoms with Crippen LogP contribution in [0.25, 0.3) is 0 Å². The zero-order valence-corrected chi connectivity index (χ0v) is 11.7. The molecule has 100 valence electrons. The molecule has 0 aliphatic rings. The number of aryl methyl sites for hydroxylation is 1. The number of methoxy groups -OCH3 is 1. The number of hydrogen-bond acceptors (Lipinski definition) is 3. The van der Waals surface area contributed by atoms with Gasteiger partial charge in [-0.2, -0.15) is 0 Å². The number of benzene rings is 2. The molecule has 3 nitrogen and oxygen atoms in total. The van der Waals surface area contributed by atoms with Gasteiger partial charge in [-0.3, -0.25) is 0 Å². The van der Waals surface area contributed by atoms with Gasteiger partial charge in [-0.15, -0.1) is 0 Å². The minimum Gasteiger partial charge on any atom is -0.497 e. The van der Waals surface area contributed by atoms with Crippen molar-refractivity contribution in [1.82, 2.24) is 0 Å². The van der Waals surface area contributed by atoms with Crippen LogP contribution in [0.15, 0.2) is 42.5 Å². The van der Waals surface area contributed by atoms with E-state index in [1.54, 1.807) is 7.11 Å². The van der Waals surface area contributed by atoms with E-state index in [9.17, 15) is 0 Å². The van der Waals surface area contributed by atoms with E-state index < -0.39 is 0 Å². The fraction of sp³-hybridized carbons (Fsp3) is 0.250. The number of hydrogen-bond donors (Lipinski definition) is 1. The Hall–Kier alpha value is -2.16. The first-order valence-electron chi connectivity index (χ1n) is 6.31. The molecule has 2 aromatic carbocycles. The summed E-state index contributed by atoms with van der Waals surface area (Å²) in [6.07, 6.45) is 0. The van der Waals surface area contributed by atoms with Crippen molar-refractivity contribution < 1.29 is 4.74 Å². The highest BCUT2D eigenvalue weighted by Gasteiger charge is 2.08. The van der Waals surface area contributed by atoms with Gasteiger partial charge in [0.05, 0.1) is 18.5 Å². The molecule has 0 unspecified atom stereocenters. The standard InChI is InChI=1S/C16H20N2O/c1-12-6-4-5-7-13(12)11-18(2)16-10-14(19-3)8-9-15(16)17/h4-10H,11,17H2,1-3H3. The minimum atomic E-state index is 0.761. The maximum absolute atomic E-state index is 6.04. The molecule has 0 saturated carbocycles. The van der Waals surface area contributed by atoms with E-state index in [0.717, 1.165) is 23.7 Å². The van der Waals surface area contributed by atoms with Crippen molar-refractivity contribution in [2.45, 2.75) is 13.5 Å². The van der Waals surface area contributed by atoms with Gasteiger partial charge in [0.15, 0.2) is 0 Å². The van der Waals surface area contributed by atoms with Gasteiger partial charge < -0.3 is 15.4 Å². The summed E-state index contributed by atoms with van der Waals surface area (Å²) in [5, 5.41) is 0. The molecule has 0 saturated heterocycles. The van der Waals surface area contributed by atoms with Crippen LogP contribution in [-0.2, 0) is 6.54 Å². The second-order valence-electron chi connectivity index (χ2n) is 4.71. The summed E-state index contributed by atoms with van der Waals surface area (Å²) in [6, 6.07) is 14.1. The largest absolute Gasteiger partial charge is 0.497 e. The van der Waals surface area contributed by atoms with Crippen molar-refractivity contribution in [1.29, 1.82) is 0 Å². The van der Waals surface area contributed by atoms with Crippen LogP contribution in [0, 0.1) is 6.92 Å². The van der Waals surface area contributed by atoms with E-state index in [4.69, 9.17) is 10.5 Å². The van der Waals surface area contributed by atoms with Crippen LogP contribution >= 0.6 is 0 Å². The minimum absolute atomic E-state index is 0.761. The molecule has 19 heavy (non-hydrogen) atoms. The Morgan fingerprint density at radius 1 is 1.16 bits per heavy atom. The fourth-order valence-electron chi connectivity index (χ4n) is 2.11. The average molecular weight is 256 g/mol. The smallest absolute Gasteiger partial charge is 0.121 e. The lowest BCUT2D eigenvalue weighted by atomic mass is 10.1. The predicted octanol–water partition coefficient (Wildman–Crippen LogP) is 3.22. The Kier molecular flexibility index (Phi) is 3.95. The molecular formula is C16H20N2O. The molecule has 0 radical (unpaired) electrons. The van der Waals surface area contributed by atoms with Gasteiger partial charge in [-0.05, 0) is 30.2 Å². The van der Waals surface area contributed by atoms with E-state index in [-0.39, 0.29) is 0 Å². The van der Waals surface area contributed by atoms with Crippen LogP contribution in [0.1, 0.15) is 11.1 Å². The quantitative estimate of drug-likeness (QED) is 0.854. The van der Waals surface area contributed by atoms with Gasteiger partial charge in [0.1, 0.15) is 5.75 Å². The van der Waals surface area contributed by atoms with Gasteiger partial charge in [0.2, 0.25) is 0 Å². The maximum atomic E-state index is 6.04. The van der Waals surface area contributed by atoms with Crippen LogP contribution in [0.3, 0.4) is 0 Å². The van der Waals surface area contributed by atoms with Crippen LogP contribution in [0.2, 0.25) is 0 Å². The van der Waals surface area contributed by atoms with Crippen molar-refractivity contribution in [3.8, 4) is 5.75 Å². The van der Waals surface area contributed by atoms with Gasteiger partial charge in [0.25, 0.3) is 0 Å². The first-order chi connectivity index (χ1) is 9.11. The first-order valence-corrected chi connectivity index (χ1v) is 6.31. The predicted molar refractivity (Wildman–Crippen MR) is 80.7 cm³/mol. The summed E-state index contributed by atoms with van der Waals surface area (Å²) in [5.41, 5.74) is 10.4. The van der Waals surface area contributed by atoms with Crippen molar-refractivity contribution >= 4 is 11.4 Å². The van der Waals surface area contributed by atoms with E-state index in [2.05, 4.69) is 36.1 Å². The van der Waals surface area contributed by atoms with Crippen molar-refractivity contribution in [2.24, 2.45) is 0 Å². The molecule has 0 heterocycles. The second-order valence-corrected chi connectivity index (χ2v) is 4.71. The summed E-state index contributed by atoms with van der Waals surface area (Å²) >= 11 is 0. The highest BCUT2D eigenvalue weighted by molar-refractivity contribution is 5.69. The molecule has 0 atom stereocenters. The molecule has 0 aromatic heterocycles. The first kappa shape index (κ1) is 13.3. The fourth-order valence-corrected chi connectivity index (χ4v) is 2.11. The summed E-state index contributed by atoms with van der Waals surface area (Å²) < 4.78 is 5.25. The number of ether oxygens (including phenoxy) is 1. The number of anilines is 2. The lowest BCUT2D eigenvalue weighted by Crippen LogP contribution is -2.18. The molecule has 0 bridgehead atoms. The second kappa shape index (κ2) is 5.65. The van der Waals surface area contributed by atoms with Crippen molar-refractivity contribution in [3.05, 3.63) is 53.6 Å². The Morgan fingerprint density at radius 3 is 2.58 bits per heavy atom. The maximum Gasteiger partial charge on any atom is 0.121 e. The van der Waals surface area contributed by atoms with Crippen molar-refractivity contribution in [3.63, 3.8) is 0 Å². The van der Waals surface area contributed by atoms with Crippen molar-refractivity contribution in [2.75, 3.05) is 24.8 Å². The lowest BCUT2D eigenvalue weighted by molar-refractivity contribution is 0.415. The number of nitrogen functional groups attached to an aromatic ring is 1. The van der Waals surface area contributed by atoms with Gasteiger partial charge in [0, 0.05) is 19.7 Å². The van der Waals surface area contributed by atoms with Crippen LogP contribution in [-0.4, -0.2) is 14.2 Å². The Labute approximate surface area is 114 Å². The third-order valence-electron chi connectivity index (χ3n) is 3.32.